The average molecular weight is 82.1 g/mol. The molecule has 0 N–H and O–H groups in total. The summed E-state index contributed by atoms with van der Waals surface area (Å²) < 4.78 is 0. The van der Waals surface area contributed by atoms with E-state index in [-0.39, 0.29) is 0 Å². The molecule has 0 heterocycles. The van der Waals surface area contributed by atoms with Crippen LogP contribution in [-0.4, -0.2) is 0 Å². The van der Waals surface area contributed by atoms with Gasteiger partial charge in [-0.15, -0.1) is 0 Å². The first-order chi connectivity index (χ1) is 2.93. The highest BCUT2D eigenvalue weighted by molar-refractivity contribution is 4.93. The van der Waals surface area contributed by atoms with Gasteiger partial charge in [0.05, 0.1) is 0 Å². The molecule has 0 unspecified atom stereocenters. The molecule has 0 atom stereocenters. The lowest BCUT2D eigenvalue weighted by atomic mass is 10.4. The Hall–Kier alpha value is -0.260. The first kappa shape index (κ1) is 3.91. The fraction of sp³-hybridized carbons (Fsp3) is 0.667. The van der Waals surface area contributed by atoms with Crippen molar-refractivity contribution in [2.45, 2.75) is 19.8 Å². The van der Waals surface area contributed by atoms with Gasteiger partial charge in [0.1, 0.15) is 0 Å². The molecule has 0 aromatic rings. The van der Waals surface area contributed by atoms with Crippen molar-refractivity contribution in [1.82, 2.24) is 0 Å². The molecule has 1 aliphatic carbocycles. The van der Waals surface area contributed by atoms with Crippen LogP contribution < -0.4 is 0 Å². The second-order valence-corrected chi connectivity index (χ2v) is 1.86. The summed E-state index contributed by atoms with van der Waals surface area (Å²) >= 11 is 0. The Labute approximate surface area is 38.9 Å². The third kappa shape index (κ3) is 0.852. The van der Waals surface area contributed by atoms with Gasteiger partial charge in [-0.25, -0.2) is 0 Å². The predicted octanol–water partition coefficient (Wildman–Crippen LogP) is 1.97. The quantitative estimate of drug-likeness (QED) is 0.424. The number of hydrogen-bond acceptors (Lipinski definition) is 0. The Morgan fingerprint density at radius 3 is 2.33 bits per heavy atom. The summed E-state index contributed by atoms with van der Waals surface area (Å²) in [6, 6.07) is 0. The molecule has 0 spiro atoms. The molecule has 6 heavy (non-hydrogen) atoms. The third-order valence-electron chi connectivity index (χ3n) is 1.09. The predicted molar refractivity (Wildman–Crippen MR) is 27.5 cm³/mol. The summed E-state index contributed by atoms with van der Waals surface area (Å²) in [5.41, 5.74) is 0. The van der Waals surface area contributed by atoms with Gasteiger partial charge in [0, 0.05) is 0 Å². The number of rotatable bonds is 1. The Morgan fingerprint density at radius 1 is 1.50 bits per heavy atom. The minimum Gasteiger partial charge on any atom is -0.0914 e. The van der Waals surface area contributed by atoms with Crippen molar-refractivity contribution in [1.29, 1.82) is 0 Å². The Morgan fingerprint density at radius 2 is 2.17 bits per heavy atom. The summed E-state index contributed by atoms with van der Waals surface area (Å²) in [6.45, 7) is 2.08. The topological polar surface area (TPSA) is 0 Å². The molecule has 0 bridgehead atoms. The molecule has 0 nitrogen and oxygen atoms in total. The van der Waals surface area contributed by atoms with Crippen LogP contribution in [0.1, 0.15) is 19.8 Å². The van der Waals surface area contributed by atoms with E-state index in [2.05, 4.69) is 19.1 Å². The van der Waals surface area contributed by atoms with Crippen molar-refractivity contribution in [3.05, 3.63) is 12.2 Å². The maximum absolute atomic E-state index is 2.28. The highest BCUT2D eigenvalue weighted by Crippen LogP contribution is 2.29. The molecule has 0 aromatic heterocycles. The molecule has 0 heteroatoms. The fourth-order valence-corrected chi connectivity index (χ4v) is 0.561. The molecule has 1 saturated carbocycles. The van der Waals surface area contributed by atoms with Crippen molar-refractivity contribution in [2.75, 3.05) is 0 Å². The Balaban J connectivity index is 2.15. The highest BCUT2D eigenvalue weighted by Gasteiger charge is 2.15. The van der Waals surface area contributed by atoms with Gasteiger partial charge >= 0.3 is 0 Å². The van der Waals surface area contributed by atoms with E-state index in [9.17, 15) is 0 Å². The van der Waals surface area contributed by atoms with Crippen molar-refractivity contribution in [3.8, 4) is 0 Å². The van der Waals surface area contributed by atoms with Gasteiger partial charge in [0.2, 0.25) is 0 Å². The molecule has 0 radical (unpaired) electrons. The second-order valence-electron chi connectivity index (χ2n) is 1.86. The van der Waals surface area contributed by atoms with Crippen molar-refractivity contribution >= 4 is 0 Å². The smallest absolute Gasteiger partial charge is 0.0233 e. The summed E-state index contributed by atoms with van der Waals surface area (Å²) in [5.74, 6) is 0.968. The Kier molecular flexibility index (Phi) is 0.952. The van der Waals surface area contributed by atoms with Gasteiger partial charge in [0.25, 0.3) is 0 Å². The summed E-state index contributed by atoms with van der Waals surface area (Å²) in [6.07, 6.45) is 7.28. The first-order valence-electron chi connectivity index (χ1n) is 2.56. The molecule has 0 aliphatic heterocycles. The second kappa shape index (κ2) is 1.46. The first-order valence-corrected chi connectivity index (χ1v) is 2.56. The summed E-state index contributed by atoms with van der Waals surface area (Å²) in [5, 5.41) is 0. The minimum atomic E-state index is 0.968. The number of allylic oxidation sites excluding steroid dienone is 2. The molecule has 0 amide bonds. The van der Waals surface area contributed by atoms with Gasteiger partial charge in [-0.05, 0) is 25.7 Å². The highest BCUT2D eigenvalue weighted by atomic mass is 14.2. The SMILES string of the molecule is C/C=C\C1CC1. The van der Waals surface area contributed by atoms with Crippen LogP contribution in [0.3, 0.4) is 0 Å². The fourth-order valence-electron chi connectivity index (χ4n) is 0.561. The monoisotopic (exact) mass is 82.1 g/mol. The largest absolute Gasteiger partial charge is 0.0914 e. The van der Waals surface area contributed by atoms with E-state index in [0.29, 0.717) is 0 Å². The van der Waals surface area contributed by atoms with Crippen LogP contribution in [0.5, 0.6) is 0 Å². The molecule has 1 aliphatic rings. The van der Waals surface area contributed by atoms with Gasteiger partial charge < -0.3 is 0 Å². The number of hydrogen-bond donors (Lipinski definition) is 0. The van der Waals surface area contributed by atoms with Gasteiger partial charge in [-0.2, -0.15) is 0 Å². The van der Waals surface area contributed by atoms with Crippen molar-refractivity contribution < 1.29 is 0 Å². The molecule has 0 aromatic carbocycles. The van der Waals surface area contributed by atoms with E-state index >= 15 is 0 Å². The maximum Gasteiger partial charge on any atom is -0.0233 e. The molecule has 1 fully saturated rings. The van der Waals surface area contributed by atoms with Crippen LogP contribution in [0.25, 0.3) is 0 Å². The third-order valence-corrected chi connectivity index (χ3v) is 1.09. The van der Waals surface area contributed by atoms with E-state index in [4.69, 9.17) is 0 Å². The van der Waals surface area contributed by atoms with E-state index < -0.39 is 0 Å². The van der Waals surface area contributed by atoms with E-state index in [1.807, 2.05) is 0 Å². The maximum atomic E-state index is 2.28. The molecule has 1 rings (SSSR count). The summed E-state index contributed by atoms with van der Waals surface area (Å²) in [4.78, 5) is 0. The zero-order valence-corrected chi connectivity index (χ0v) is 4.15. The van der Waals surface area contributed by atoms with Crippen LogP contribution in [0, 0.1) is 5.92 Å². The normalized spacial score (nSPS) is 22.8. The van der Waals surface area contributed by atoms with E-state index in [1.54, 1.807) is 0 Å². The zero-order valence-electron chi connectivity index (χ0n) is 4.15. The molecular weight excluding hydrogens is 72.1 g/mol. The van der Waals surface area contributed by atoms with Crippen LogP contribution in [0.4, 0.5) is 0 Å². The molecule has 0 saturated heterocycles. The zero-order chi connectivity index (χ0) is 4.41. The van der Waals surface area contributed by atoms with Crippen LogP contribution >= 0.6 is 0 Å². The average Bonchev–Trinajstić information content (AvgIpc) is 2.21. The standard InChI is InChI=1S/C6H10/c1-2-3-6-4-5-6/h2-3,6H,4-5H2,1H3/b3-2-. The lowest BCUT2D eigenvalue weighted by Crippen LogP contribution is -1.54. The van der Waals surface area contributed by atoms with Gasteiger partial charge in [-0.3, -0.25) is 0 Å². The van der Waals surface area contributed by atoms with Gasteiger partial charge in [-0.1, -0.05) is 12.2 Å². The van der Waals surface area contributed by atoms with Crippen LogP contribution in [0.2, 0.25) is 0 Å². The lowest BCUT2D eigenvalue weighted by Gasteiger charge is -1.69. The summed E-state index contributed by atoms with van der Waals surface area (Å²) in [7, 11) is 0. The lowest BCUT2D eigenvalue weighted by molar-refractivity contribution is 1.12. The molecule has 34 valence electrons. The molecular formula is C6H10. The minimum absolute atomic E-state index is 0.968. The van der Waals surface area contributed by atoms with E-state index in [0.717, 1.165) is 5.92 Å². The van der Waals surface area contributed by atoms with Crippen LogP contribution in [-0.2, 0) is 0 Å². The van der Waals surface area contributed by atoms with Crippen LogP contribution in [0.15, 0.2) is 12.2 Å². The van der Waals surface area contributed by atoms with E-state index in [1.165, 1.54) is 12.8 Å². The Bertz CT molecular complexity index is 58.4. The van der Waals surface area contributed by atoms with Crippen molar-refractivity contribution in [2.24, 2.45) is 5.92 Å². The van der Waals surface area contributed by atoms with Gasteiger partial charge in [0.15, 0.2) is 0 Å². The van der Waals surface area contributed by atoms with Crippen molar-refractivity contribution in [3.63, 3.8) is 0 Å².